The lowest BCUT2D eigenvalue weighted by atomic mass is 9.97. The number of benzene rings is 2. The van der Waals surface area contributed by atoms with E-state index in [1.54, 1.807) is 17.4 Å². The highest BCUT2D eigenvalue weighted by molar-refractivity contribution is 5.84. The van der Waals surface area contributed by atoms with Gasteiger partial charge >= 0.3 is 6.18 Å². The van der Waals surface area contributed by atoms with Crippen LogP contribution in [0.25, 0.3) is 11.4 Å². The molecule has 3 heterocycles. The standard InChI is InChI=1S/C24H22F3N5O2/c1-14-6-7-16(10-15(14)2)19-12-20-23(33)31(8-9-32(20)29-19)13-21-28-22(30-34-21)17-4-3-5-18(11-17)24(25,26)27/h3-11,19-20,29H,12-13H2,1-2H3. The summed E-state index contributed by atoms with van der Waals surface area (Å²) in [5, 5.41) is 5.60. The number of aromatic nitrogens is 2. The zero-order valence-electron chi connectivity index (χ0n) is 18.5. The SMILES string of the molecule is Cc1ccc(C2CC3C(=O)N(Cc4nc(-c5cccc(C(F)(F)F)c5)no4)C=CN3N2)cc1C. The minimum absolute atomic E-state index is 0.00812. The number of nitrogens with one attached hydrogen (secondary N) is 1. The molecule has 2 unspecified atom stereocenters. The number of nitrogens with zero attached hydrogens (tertiary/aromatic N) is 4. The summed E-state index contributed by atoms with van der Waals surface area (Å²) in [7, 11) is 0. The van der Waals surface area contributed by atoms with E-state index in [0.29, 0.717) is 6.42 Å². The van der Waals surface area contributed by atoms with Crippen LogP contribution in [0.2, 0.25) is 0 Å². The van der Waals surface area contributed by atoms with E-state index in [9.17, 15) is 18.0 Å². The third-order valence-corrected chi connectivity index (χ3v) is 6.23. The van der Waals surface area contributed by atoms with Crippen molar-refractivity contribution in [1.29, 1.82) is 0 Å². The van der Waals surface area contributed by atoms with Gasteiger partial charge in [-0.2, -0.15) is 18.2 Å². The summed E-state index contributed by atoms with van der Waals surface area (Å²) >= 11 is 0. The Kier molecular flexibility index (Phi) is 5.40. The van der Waals surface area contributed by atoms with Gasteiger partial charge in [0.1, 0.15) is 12.6 Å². The highest BCUT2D eigenvalue weighted by atomic mass is 19.4. The Bertz CT molecular complexity index is 1270. The average molecular weight is 469 g/mol. The molecule has 1 saturated heterocycles. The Morgan fingerprint density at radius 2 is 1.94 bits per heavy atom. The van der Waals surface area contributed by atoms with Gasteiger partial charge in [-0.25, -0.2) is 5.43 Å². The second-order valence-corrected chi connectivity index (χ2v) is 8.54. The molecule has 0 aliphatic carbocycles. The maximum atomic E-state index is 13.1. The van der Waals surface area contributed by atoms with Crippen molar-refractivity contribution in [3.05, 3.63) is 83.0 Å². The van der Waals surface area contributed by atoms with Crippen LogP contribution in [-0.2, 0) is 17.5 Å². The van der Waals surface area contributed by atoms with Gasteiger partial charge in [0.05, 0.1) is 11.6 Å². The summed E-state index contributed by atoms with van der Waals surface area (Å²) in [5.74, 6) is 0.0455. The molecule has 1 amide bonds. The molecule has 10 heteroatoms. The van der Waals surface area contributed by atoms with Crippen molar-refractivity contribution < 1.29 is 22.5 Å². The van der Waals surface area contributed by atoms with Gasteiger partial charge in [-0.15, -0.1) is 0 Å². The van der Waals surface area contributed by atoms with Crippen LogP contribution in [0.3, 0.4) is 0 Å². The first-order chi connectivity index (χ1) is 16.2. The van der Waals surface area contributed by atoms with Crippen LogP contribution in [0.1, 0.15) is 40.6 Å². The number of carbonyl (C=O) groups is 1. The number of fused-ring (bicyclic) bond motifs is 1. The smallest absolute Gasteiger partial charge is 0.337 e. The van der Waals surface area contributed by atoms with Crippen LogP contribution >= 0.6 is 0 Å². The Hall–Kier alpha value is -3.66. The number of amides is 1. The molecule has 34 heavy (non-hydrogen) atoms. The Balaban J connectivity index is 1.28. The Morgan fingerprint density at radius 3 is 2.71 bits per heavy atom. The molecule has 0 radical (unpaired) electrons. The molecule has 1 fully saturated rings. The molecule has 2 aromatic carbocycles. The molecule has 2 aliphatic heterocycles. The van der Waals surface area contributed by atoms with Gasteiger partial charge in [-0.05, 0) is 49.1 Å². The molecule has 2 atom stereocenters. The zero-order chi connectivity index (χ0) is 24.0. The predicted molar refractivity (Wildman–Crippen MR) is 116 cm³/mol. The molecule has 3 aromatic rings. The topological polar surface area (TPSA) is 74.5 Å². The molecule has 2 aliphatic rings. The Morgan fingerprint density at radius 1 is 1.12 bits per heavy atom. The monoisotopic (exact) mass is 469 g/mol. The highest BCUT2D eigenvalue weighted by Gasteiger charge is 2.40. The van der Waals surface area contributed by atoms with Crippen LogP contribution in [0, 0.1) is 13.8 Å². The van der Waals surface area contributed by atoms with Crippen molar-refractivity contribution >= 4 is 5.91 Å². The van der Waals surface area contributed by atoms with Crippen LogP contribution in [-0.4, -0.2) is 32.0 Å². The van der Waals surface area contributed by atoms with E-state index in [-0.39, 0.29) is 41.8 Å². The molecule has 1 N–H and O–H groups in total. The van der Waals surface area contributed by atoms with Crippen molar-refractivity contribution in [2.24, 2.45) is 0 Å². The number of hydrazine groups is 1. The molecule has 0 spiro atoms. The number of hydrogen-bond acceptors (Lipinski definition) is 6. The van der Waals surface area contributed by atoms with E-state index in [1.165, 1.54) is 28.2 Å². The summed E-state index contributed by atoms with van der Waals surface area (Å²) in [6, 6.07) is 10.6. The lowest BCUT2D eigenvalue weighted by Gasteiger charge is -2.30. The lowest BCUT2D eigenvalue weighted by molar-refractivity contribution is -0.137. The van der Waals surface area contributed by atoms with Crippen molar-refractivity contribution in [3.8, 4) is 11.4 Å². The van der Waals surface area contributed by atoms with E-state index < -0.39 is 11.7 Å². The second kappa shape index (κ2) is 8.28. The fraction of sp³-hybridized carbons (Fsp3) is 0.292. The highest BCUT2D eigenvalue weighted by Crippen LogP contribution is 2.33. The number of carbonyl (C=O) groups excluding carboxylic acids is 1. The van der Waals surface area contributed by atoms with Gasteiger partial charge in [0.25, 0.3) is 5.91 Å². The van der Waals surface area contributed by atoms with Gasteiger partial charge in [-0.3, -0.25) is 4.79 Å². The molecule has 176 valence electrons. The first-order valence-electron chi connectivity index (χ1n) is 10.8. The average Bonchev–Trinajstić information content (AvgIpc) is 3.45. The van der Waals surface area contributed by atoms with E-state index in [4.69, 9.17) is 4.52 Å². The van der Waals surface area contributed by atoms with Crippen molar-refractivity contribution in [2.45, 2.75) is 45.1 Å². The zero-order valence-corrected chi connectivity index (χ0v) is 18.5. The largest absolute Gasteiger partial charge is 0.416 e. The van der Waals surface area contributed by atoms with Crippen molar-refractivity contribution in [2.75, 3.05) is 0 Å². The van der Waals surface area contributed by atoms with E-state index in [2.05, 4.69) is 47.6 Å². The molecule has 5 rings (SSSR count). The minimum atomic E-state index is -4.47. The van der Waals surface area contributed by atoms with Gasteiger partial charge < -0.3 is 14.4 Å². The molecule has 0 bridgehead atoms. The molecule has 1 aromatic heterocycles. The summed E-state index contributed by atoms with van der Waals surface area (Å²) in [6.45, 7) is 4.15. The third-order valence-electron chi connectivity index (χ3n) is 6.23. The van der Waals surface area contributed by atoms with Gasteiger partial charge in [0.15, 0.2) is 0 Å². The van der Waals surface area contributed by atoms with Crippen LogP contribution in [0.15, 0.2) is 59.4 Å². The normalized spacial score (nSPS) is 20.2. The quantitative estimate of drug-likeness (QED) is 0.606. The number of hydrogen-bond donors (Lipinski definition) is 1. The molecular formula is C24H22F3N5O2. The summed E-state index contributed by atoms with van der Waals surface area (Å²) < 4.78 is 44.2. The van der Waals surface area contributed by atoms with Gasteiger partial charge in [-0.1, -0.05) is 35.5 Å². The maximum absolute atomic E-state index is 13.1. The number of rotatable bonds is 4. The van der Waals surface area contributed by atoms with Crippen LogP contribution in [0.5, 0.6) is 0 Å². The molecule has 0 saturated carbocycles. The first-order valence-corrected chi connectivity index (χ1v) is 10.8. The minimum Gasteiger partial charge on any atom is -0.337 e. The number of aryl methyl sites for hydroxylation is 2. The summed E-state index contributed by atoms with van der Waals surface area (Å²) in [5.41, 5.74) is 6.29. The lowest BCUT2D eigenvalue weighted by Crippen LogP contribution is -2.47. The predicted octanol–water partition coefficient (Wildman–Crippen LogP) is 4.51. The fourth-order valence-electron chi connectivity index (χ4n) is 4.18. The van der Waals surface area contributed by atoms with Crippen molar-refractivity contribution in [3.63, 3.8) is 0 Å². The van der Waals surface area contributed by atoms with E-state index >= 15 is 0 Å². The number of halogens is 3. The fourth-order valence-corrected chi connectivity index (χ4v) is 4.18. The van der Waals surface area contributed by atoms with E-state index in [0.717, 1.165) is 17.7 Å². The second-order valence-electron chi connectivity index (χ2n) is 8.54. The van der Waals surface area contributed by atoms with Gasteiger partial charge in [0, 0.05) is 18.0 Å². The maximum Gasteiger partial charge on any atom is 0.416 e. The van der Waals surface area contributed by atoms with E-state index in [1.807, 2.05) is 0 Å². The van der Waals surface area contributed by atoms with Gasteiger partial charge in [0.2, 0.25) is 11.7 Å². The van der Waals surface area contributed by atoms with Crippen LogP contribution in [0.4, 0.5) is 13.2 Å². The summed E-state index contributed by atoms with van der Waals surface area (Å²) in [4.78, 5) is 18.8. The number of alkyl halides is 3. The first kappa shape index (κ1) is 22.1. The molecule has 7 nitrogen and oxygen atoms in total. The van der Waals surface area contributed by atoms with Crippen molar-refractivity contribution in [1.82, 2.24) is 25.5 Å². The third kappa shape index (κ3) is 4.16. The Labute approximate surface area is 193 Å². The molecular weight excluding hydrogens is 447 g/mol. The summed E-state index contributed by atoms with van der Waals surface area (Å²) in [6.07, 6.45) is -0.453. The van der Waals surface area contributed by atoms with Crippen LogP contribution < -0.4 is 5.43 Å².